The summed E-state index contributed by atoms with van der Waals surface area (Å²) in [5.74, 6) is 0.254. The minimum Gasteiger partial charge on any atom is -0.352 e. The van der Waals surface area contributed by atoms with Crippen LogP contribution in [0.15, 0.2) is 90.0 Å². The molecule has 2 atom stereocenters. The fourth-order valence-electron chi connectivity index (χ4n) is 4.07. The number of rotatable bonds is 2. The molecule has 0 aromatic heterocycles. The summed E-state index contributed by atoms with van der Waals surface area (Å²) in [7, 11) is 2.17. The molecule has 0 unspecified atom stereocenters. The van der Waals surface area contributed by atoms with Crippen molar-refractivity contribution in [1.29, 1.82) is 0 Å². The molecule has 5 rings (SSSR count). The van der Waals surface area contributed by atoms with Gasteiger partial charge in [-0.05, 0) is 29.3 Å². The summed E-state index contributed by atoms with van der Waals surface area (Å²) in [6.45, 7) is 0. The van der Waals surface area contributed by atoms with Gasteiger partial charge in [0.25, 0.3) is 0 Å². The van der Waals surface area contributed by atoms with E-state index < -0.39 is 0 Å². The zero-order chi connectivity index (χ0) is 16.8. The smallest absolute Gasteiger partial charge is 0.136 e. The maximum atomic E-state index is 5.07. The van der Waals surface area contributed by atoms with E-state index in [0.717, 1.165) is 11.4 Å². The molecule has 3 nitrogen and oxygen atoms in total. The van der Waals surface area contributed by atoms with Crippen molar-refractivity contribution in [3.05, 3.63) is 96.1 Å². The van der Waals surface area contributed by atoms with E-state index >= 15 is 0 Å². The lowest BCUT2D eigenvalue weighted by Gasteiger charge is -2.30. The first-order valence-corrected chi connectivity index (χ1v) is 8.64. The van der Waals surface area contributed by atoms with Crippen LogP contribution in [0.5, 0.6) is 0 Å². The quantitative estimate of drug-likeness (QED) is 0.692. The van der Waals surface area contributed by atoms with Crippen molar-refractivity contribution in [3.63, 3.8) is 0 Å². The lowest BCUT2D eigenvalue weighted by molar-refractivity contribution is 0.634. The Balaban J connectivity index is 1.70. The van der Waals surface area contributed by atoms with Gasteiger partial charge in [0.05, 0.1) is 17.3 Å². The molecule has 122 valence electrons. The average Bonchev–Trinajstić information content (AvgIpc) is 3.21. The van der Waals surface area contributed by atoms with E-state index in [1.54, 1.807) is 0 Å². The topological polar surface area (TPSA) is 18.8 Å². The molecule has 0 bridgehead atoms. The second kappa shape index (κ2) is 5.49. The van der Waals surface area contributed by atoms with Crippen LogP contribution >= 0.6 is 0 Å². The molecule has 3 aromatic carbocycles. The fourth-order valence-corrected chi connectivity index (χ4v) is 4.07. The molecule has 0 aliphatic carbocycles. The van der Waals surface area contributed by atoms with Crippen LogP contribution in [0.3, 0.4) is 0 Å². The van der Waals surface area contributed by atoms with Gasteiger partial charge < -0.3 is 4.90 Å². The number of benzene rings is 3. The summed E-state index contributed by atoms with van der Waals surface area (Å²) in [6.07, 6.45) is 0.176. The van der Waals surface area contributed by atoms with Gasteiger partial charge in [-0.15, -0.1) is 0 Å². The normalized spacial score (nSPS) is 21.1. The molecule has 0 saturated heterocycles. The number of likely N-dealkylation sites (N-methyl/N-ethyl adjacent to an activating group) is 1. The van der Waals surface area contributed by atoms with Crippen molar-refractivity contribution in [1.82, 2.24) is 0 Å². The molecule has 0 radical (unpaired) electrons. The third-order valence-electron chi connectivity index (χ3n) is 5.20. The molecule has 0 fully saturated rings. The van der Waals surface area contributed by atoms with E-state index in [2.05, 4.69) is 95.8 Å². The van der Waals surface area contributed by atoms with Crippen LogP contribution in [0.2, 0.25) is 0 Å². The number of fused-ring (bicyclic) bond motifs is 3. The van der Waals surface area contributed by atoms with E-state index in [1.807, 2.05) is 6.07 Å². The van der Waals surface area contributed by atoms with Crippen LogP contribution in [-0.4, -0.2) is 18.9 Å². The Morgan fingerprint density at radius 2 is 1.40 bits per heavy atom. The molecule has 3 aromatic rings. The first-order chi connectivity index (χ1) is 12.3. The first-order valence-electron chi connectivity index (χ1n) is 8.64. The van der Waals surface area contributed by atoms with Gasteiger partial charge >= 0.3 is 0 Å². The van der Waals surface area contributed by atoms with Gasteiger partial charge in [0.15, 0.2) is 0 Å². The number of anilines is 2. The minimum absolute atomic E-state index is 0.176. The standard InChI is InChI=1S/C22H19N3/c1-24-19-15-9-8-14-18(19)20-21(16-10-4-2-5-11-16)23-25(22(20)24)17-12-6-3-7-13-17/h2-15,20,22H,1H3/t20-,22+/m0/s1. The van der Waals surface area contributed by atoms with Crippen molar-refractivity contribution in [2.24, 2.45) is 5.10 Å². The molecule has 3 heteroatoms. The summed E-state index contributed by atoms with van der Waals surface area (Å²) in [5.41, 5.74) is 6.12. The van der Waals surface area contributed by atoms with Crippen molar-refractivity contribution in [3.8, 4) is 0 Å². The molecule has 0 saturated carbocycles. The Kier molecular flexibility index (Phi) is 3.14. The highest BCUT2D eigenvalue weighted by Gasteiger charge is 2.47. The highest BCUT2D eigenvalue weighted by Crippen LogP contribution is 2.47. The van der Waals surface area contributed by atoms with E-state index in [4.69, 9.17) is 5.10 Å². The van der Waals surface area contributed by atoms with Crippen LogP contribution in [0, 0.1) is 0 Å². The monoisotopic (exact) mass is 325 g/mol. The predicted molar refractivity (Wildman–Crippen MR) is 103 cm³/mol. The van der Waals surface area contributed by atoms with Gasteiger partial charge in [-0.2, -0.15) is 5.10 Å². The Hall–Kier alpha value is -3.07. The minimum atomic E-state index is 0.176. The maximum Gasteiger partial charge on any atom is 0.136 e. The molecule has 2 aliphatic heterocycles. The number of para-hydroxylation sites is 2. The van der Waals surface area contributed by atoms with Crippen LogP contribution in [0.1, 0.15) is 17.0 Å². The second-order valence-electron chi connectivity index (χ2n) is 6.59. The van der Waals surface area contributed by atoms with E-state index in [1.165, 1.54) is 16.8 Å². The molecule has 25 heavy (non-hydrogen) atoms. The largest absolute Gasteiger partial charge is 0.352 e. The van der Waals surface area contributed by atoms with Crippen molar-refractivity contribution >= 4 is 17.1 Å². The molecule has 2 heterocycles. The van der Waals surface area contributed by atoms with Crippen molar-refractivity contribution in [2.45, 2.75) is 12.1 Å². The lowest BCUT2D eigenvalue weighted by atomic mass is 9.90. The zero-order valence-corrected chi connectivity index (χ0v) is 14.1. The van der Waals surface area contributed by atoms with Crippen LogP contribution in [0.4, 0.5) is 11.4 Å². The summed E-state index contributed by atoms with van der Waals surface area (Å²) in [6, 6.07) is 29.7. The Labute approximate surface area is 147 Å². The summed E-state index contributed by atoms with van der Waals surface area (Å²) >= 11 is 0. The van der Waals surface area contributed by atoms with Gasteiger partial charge in [0.1, 0.15) is 6.17 Å². The highest BCUT2D eigenvalue weighted by atomic mass is 15.6. The fraction of sp³-hybridized carbons (Fsp3) is 0.136. The summed E-state index contributed by atoms with van der Waals surface area (Å²) < 4.78 is 0. The number of hydrogen-bond acceptors (Lipinski definition) is 3. The van der Waals surface area contributed by atoms with Gasteiger partial charge in [0.2, 0.25) is 0 Å². The molecule has 0 spiro atoms. The second-order valence-corrected chi connectivity index (χ2v) is 6.59. The first kappa shape index (κ1) is 14.3. The van der Waals surface area contributed by atoms with Crippen LogP contribution in [-0.2, 0) is 0 Å². The molecule has 0 N–H and O–H groups in total. The van der Waals surface area contributed by atoms with Gasteiger partial charge in [-0.3, -0.25) is 0 Å². The maximum absolute atomic E-state index is 5.07. The van der Waals surface area contributed by atoms with E-state index in [-0.39, 0.29) is 12.1 Å². The van der Waals surface area contributed by atoms with E-state index in [9.17, 15) is 0 Å². The number of hydrazone groups is 1. The Bertz CT molecular complexity index is 934. The van der Waals surface area contributed by atoms with Crippen molar-refractivity contribution < 1.29 is 0 Å². The van der Waals surface area contributed by atoms with Crippen LogP contribution in [0.25, 0.3) is 0 Å². The van der Waals surface area contributed by atoms with Crippen molar-refractivity contribution in [2.75, 3.05) is 17.0 Å². The number of hydrogen-bond donors (Lipinski definition) is 0. The van der Waals surface area contributed by atoms with Gasteiger partial charge in [0, 0.05) is 12.7 Å². The summed E-state index contributed by atoms with van der Waals surface area (Å²) in [4.78, 5) is 2.35. The number of nitrogens with zero attached hydrogens (tertiary/aromatic N) is 3. The highest BCUT2D eigenvalue weighted by molar-refractivity contribution is 6.10. The molecule has 0 amide bonds. The SMILES string of the molecule is CN1c2ccccc2[C@H]2C(c3ccccc3)=NN(c3ccccc3)[C@H]21. The van der Waals surface area contributed by atoms with E-state index in [0.29, 0.717) is 0 Å². The summed E-state index contributed by atoms with van der Waals surface area (Å²) in [5, 5.41) is 7.24. The van der Waals surface area contributed by atoms with Crippen LogP contribution < -0.4 is 9.91 Å². The molecular weight excluding hydrogens is 306 g/mol. The zero-order valence-electron chi connectivity index (χ0n) is 14.1. The predicted octanol–water partition coefficient (Wildman–Crippen LogP) is 4.47. The van der Waals surface area contributed by atoms with Gasteiger partial charge in [-0.1, -0.05) is 66.7 Å². The molecular formula is C22H19N3. The third-order valence-corrected chi connectivity index (χ3v) is 5.20. The lowest BCUT2D eigenvalue weighted by Crippen LogP contribution is -2.41. The average molecular weight is 325 g/mol. The van der Waals surface area contributed by atoms with Gasteiger partial charge in [-0.25, -0.2) is 5.01 Å². The molecule has 2 aliphatic rings. The Morgan fingerprint density at radius 3 is 2.16 bits per heavy atom. The Morgan fingerprint density at radius 1 is 0.760 bits per heavy atom. The third kappa shape index (κ3) is 2.09.